The Kier molecular flexibility index (Phi) is 7.43. The van der Waals surface area contributed by atoms with E-state index >= 15 is 0 Å². The van der Waals surface area contributed by atoms with Gasteiger partial charge in [-0.15, -0.1) is 0 Å². The molecular formula is C19H23ClN2O2. The van der Waals surface area contributed by atoms with Gasteiger partial charge in [0, 0.05) is 5.02 Å². The summed E-state index contributed by atoms with van der Waals surface area (Å²) in [5.41, 5.74) is 5.09. The summed E-state index contributed by atoms with van der Waals surface area (Å²) in [5.74, 6) is 1.51. The van der Waals surface area contributed by atoms with Gasteiger partial charge < -0.3 is 14.9 Å². The minimum absolute atomic E-state index is 0.595. The Morgan fingerprint density at radius 3 is 2.54 bits per heavy atom. The van der Waals surface area contributed by atoms with Crippen molar-refractivity contribution in [1.82, 2.24) is 5.43 Å². The molecule has 0 atom stereocenters. The van der Waals surface area contributed by atoms with Crippen molar-refractivity contribution in [3.05, 3.63) is 58.6 Å². The van der Waals surface area contributed by atoms with Crippen molar-refractivity contribution in [2.24, 2.45) is 5.10 Å². The van der Waals surface area contributed by atoms with Crippen LogP contribution in [-0.4, -0.2) is 19.4 Å². The maximum atomic E-state index is 5.87. The van der Waals surface area contributed by atoms with Crippen LogP contribution in [0.3, 0.4) is 0 Å². The zero-order valence-corrected chi connectivity index (χ0v) is 14.8. The number of hydrogen-bond donors (Lipinski definition) is 1. The molecule has 0 aliphatic rings. The fourth-order valence-electron chi connectivity index (χ4n) is 2.06. The van der Waals surface area contributed by atoms with Crippen molar-refractivity contribution in [2.45, 2.75) is 26.8 Å². The molecule has 0 amide bonds. The molecule has 128 valence electrons. The van der Waals surface area contributed by atoms with Gasteiger partial charge in [-0.05, 0) is 54.8 Å². The Morgan fingerprint density at radius 2 is 1.83 bits per heavy atom. The number of hydrazone groups is 1. The van der Waals surface area contributed by atoms with Gasteiger partial charge in [0.1, 0.15) is 0 Å². The van der Waals surface area contributed by atoms with E-state index in [1.807, 2.05) is 49.4 Å². The first-order chi connectivity index (χ1) is 11.7. The van der Waals surface area contributed by atoms with E-state index in [0.29, 0.717) is 19.8 Å². The summed E-state index contributed by atoms with van der Waals surface area (Å²) in [4.78, 5) is 0. The van der Waals surface area contributed by atoms with Gasteiger partial charge >= 0.3 is 0 Å². The Balaban J connectivity index is 1.95. The number of ether oxygens (including phenoxy) is 2. The molecule has 0 spiro atoms. The molecule has 2 aromatic rings. The lowest BCUT2D eigenvalue weighted by Gasteiger charge is -2.11. The average molecular weight is 347 g/mol. The molecule has 2 aromatic carbocycles. The van der Waals surface area contributed by atoms with Gasteiger partial charge in [-0.25, -0.2) is 0 Å². The maximum absolute atomic E-state index is 5.87. The highest BCUT2D eigenvalue weighted by atomic mass is 35.5. The van der Waals surface area contributed by atoms with E-state index in [9.17, 15) is 0 Å². The van der Waals surface area contributed by atoms with Crippen LogP contribution in [0.1, 0.15) is 31.4 Å². The molecule has 0 aliphatic heterocycles. The van der Waals surface area contributed by atoms with Crippen molar-refractivity contribution in [1.29, 1.82) is 0 Å². The molecule has 0 heterocycles. The molecule has 0 radical (unpaired) electrons. The van der Waals surface area contributed by atoms with Crippen LogP contribution in [0.4, 0.5) is 0 Å². The lowest BCUT2D eigenvalue weighted by Crippen LogP contribution is -2.05. The Hall–Kier alpha value is -2.20. The second kappa shape index (κ2) is 9.83. The van der Waals surface area contributed by atoms with Crippen LogP contribution in [0, 0.1) is 0 Å². The van der Waals surface area contributed by atoms with Crippen molar-refractivity contribution >= 4 is 17.8 Å². The van der Waals surface area contributed by atoms with E-state index < -0.39 is 0 Å². The lowest BCUT2D eigenvalue weighted by molar-refractivity contribution is 0.277. The summed E-state index contributed by atoms with van der Waals surface area (Å²) in [6.45, 7) is 5.95. The maximum Gasteiger partial charge on any atom is 0.161 e. The largest absolute Gasteiger partial charge is 0.490 e. The quantitative estimate of drug-likeness (QED) is 0.531. The van der Waals surface area contributed by atoms with Crippen LogP contribution in [0.25, 0.3) is 0 Å². The van der Waals surface area contributed by atoms with E-state index in [2.05, 4.69) is 17.5 Å². The fraction of sp³-hybridized carbons (Fsp3) is 0.316. The van der Waals surface area contributed by atoms with Crippen LogP contribution in [0.5, 0.6) is 11.5 Å². The summed E-state index contributed by atoms with van der Waals surface area (Å²) in [6.07, 6.45) is 2.73. The summed E-state index contributed by atoms with van der Waals surface area (Å²) in [7, 11) is 0. The van der Waals surface area contributed by atoms with Gasteiger partial charge in [0.25, 0.3) is 0 Å². The summed E-state index contributed by atoms with van der Waals surface area (Å²) in [5, 5.41) is 4.98. The predicted molar refractivity (Wildman–Crippen MR) is 99.3 cm³/mol. The molecule has 0 bridgehead atoms. The zero-order chi connectivity index (χ0) is 17.2. The van der Waals surface area contributed by atoms with E-state index in [1.54, 1.807) is 6.21 Å². The van der Waals surface area contributed by atoms with Crippen LogP contribution in [0.15, 0.2) is 47.6 Å². The number of hydrogen-bond acceptors (Lipinski definition) is 4. The highest BCUT2D eigenvalue weighted by molar-refractivity contribution is 6.30. The zero-order valence-electron chi connectivity index (χ0n) is 14.1. The van der Waals surface area contributed by atoms with Crippen LogP contribution in [-0.2, 0) is 6.54 Å². The monoisotopic (exact) mass is 346 g/mol. The molecule has 0 aromatic heterocycles. The molecule has 24 heavy (non-hydrogen) atoms. The van der Waals surface area contributed by atoms with E-state index in [1.165, 1.54) is 0 Å². The van der Waals surface area contributed by atoms with E-state index in [-0.39, 0.29) is 0 Å². The molecule has 4 nitrogen and oxygen atoms in total. The predicted octanol–water partition coefficient (Wildman–Crippen LogP) is 4.65. The van der Waals surface area contributed by atoms with Gasteiger partial charge in [0.15, 0.2) is 11.5 Å². The molecule has 2 rings (SSSR count). The Bertz CT molecular complexity index is 657. The third-order valence-corrected chi connectivity index (χ3v) is 3.48. The van der Waals surface area contributed by atoms with Crippen LogP contribution in [0.2, 0.25) is 5.02 Å². The van der Waals surface area contributed by atoms with Crippen molar-refractivity contribution in [3.8, 4) is 11.5 Å². The van der Waals surface area contributed by atoms with Gasteiger partial charge in [-0.2, -0.15) is 5.10 Å². The molecule has 1 N–H and O–H groups in total. The number of nitrogens with one attached hydrogen (secondary N) is 1. The average Bonchev–Trinajstić information content (AvgIpc) is 2.60. The first-order valence-electron chi connectivity index (χ1n) is 8.13. The van der Waals surface area contributed by atoms with Gasteiger partial charge in [0.2, 0.25) is 0 Å². The molecule has 5 heteroatoms. The number of nitrogens with zero attached hydrogens (tertiary/aromatic N) is 1. The molecule has 0 fully saturated rings. The standard InChI is InChI=1S/C19H23ClN2O2/c1-3-11-24-18-10-7-16(12-19(18)23-4-2)14-22-21-13-15-5-8-17(20)9-6-15/h5-10,12,14,21H,3-4,11,13H2,1-2H3/b22-14-. The number of halogens is 1. The SMILES string of the molecule is CCCOc1ccc(/C=N\NCc2ccc(Cl)cc2)cc1OCC. The third-order valence-electron chi connectivity index (χ3n) is 3.23. The first kappa shape index (κ1) is 18.1. The second-order valence-electron chi connectivity index (χ2n) is 5.21. The van der Waals surface area contributed by atoms with Crippen molar-refractivity contribution in [2.75, 3.05) is 13.2 Å². The molecular weight excluding hydrogens is 324 g/mol. The summed E-state index contributed by atoms with van der Waals surface area (Å²) < 4.78 is 11.3. The van der Waals surface area contributed by atoms with Crippen molar-refractivity contribution < 1.29 is 9.47 Å². The molecule has 0 saturated carbocycles. The highest BCUT2D eigenvalue weighted by Gasteiger charge is 2.05. The normalized spacial score (nSPS) is 10.8. The number of rotatable bonds is 9. The molecule has 0 unspecified atom stereocenters. The van der Waals surface area contributed by atoms with E-state index in [4.69, 9.17) is 21.1 Å². The van der Waals surface area contributed by atoms with Crippen molar-refractivity contribution in [3.63, 3.8) is 0 Å². The minimum atomic E-state index is 0.595. The third kappa shape index (κ3) is 5.78. The van der Waals surface area contributed by atoms with E-state index in [0.717, 1.165) is 34.1 Å². The van der Waals surface area contributed by atoms with Gasteiger partial charge in [-0.3, -0.25) is 0 Å². The molecule has 0 saturated heterocycles. The van der Waals surface area contributed by atoms with Gasteiger partial charge in [0.05, 0.1) is 26.0 Å². The summed E-state index contributed by atoms with van der Waals surface area (Å²) in [6, 6.07) is 13.5. The lowest BCUT2D eigenvalue weighted by atomic mass is 10.2. The fourth-order valence-corrected chi connectivity index (χ4v) is 2.19. The first-order valence-corrected chi connectivity index (χ1v) is 8.50. The molecule has 0 aliphatic carbocycles. The Labute approximate surface area is 148 Å². The highest BCUT2D eigenvalue weighted by Crippen LogP contribution is 2.28. The van der Waals surface area contributed by atoms with Gasteiger partial charge in [-0.1, -0.05) is 30.7 Å². The Morgan fingerprint density at radius 1 is 1.04 bits per heavy atom. The topological polar surface area (TPSA) is 42.8 Å². The van der Waals surface area contributed by atoms with Crippen LogP contribution >= 0.6 is 11.6 Å². The van der Waals surface area contributed by atoms with Crippen LogP contribution < -0.4 is 14.9 Å². The second-order valence-corrected chi connectivity index (χ2v) is 5.64. The number of benzene rings is 2. The summed E-state index contributed by atoms with van der Waals surface area (Å²) >= 11 is 5.87. The minimum Gasteiger partial charge on any atom is -0.490 e. The smallest absolute Gasteiger partial charge is 0.161 e.